The van der Waals surface area contributed by atoms with Gasteiger partial charge in [-0.25, -0.2) is 0 Å². The number of hydrogen-bond donors (Lipinski definition) is 3. The highest BCUT2D eigenvalue weighted by Gasteiger charge is 2.17. The Labute approximate surface area is 150 Å². The Morgan fingerprint density at radius 1 is 1.00 bits per heavy atom. The molecule has 4 heteroatoms. The number of thiocarbonyl (C=S) groups is 1. The lowest BCUT2D eigenvalue weighted by Gasteiger charge is -2.16. The highest BCUT2D eigenvalue weighted by atomic mass is 32.1. The lowest BCUT2D eigenvalue weighted by Crippen LogP contribution is -3.08. The molecule has 24 heavy (non-hydrogen) atoms. The van der Waals surface area contributed by atoms with Crippen LogP contribution in [0.25, 0.3) is 0 Å². The Morgan fingerprint density at radius 2 is 1.67 bits per heavy atom. The largest absolute Gasteiger partial charge is 0.358 e. The van der Waals surface area contributed by atoms with E-state index >= 15 is 0 Å². The maximum absolute atomic E-state index is 5.43. The van der Waals surface area contributed by atoms with Crippen molar-refractivity contribution in [1.82, 2.24) is 5.32 Å². The maximum atomic E-state index is 5.43. The van der Waals surface area contributed by atoms with Crippen LogP contribution in [-0.4, -0.2) is 18.2 Å². The van der Waals surface area contributed by atoms with Gasteiger partial charge in [-0.05, 0) is 36.8 Å². The molecule has 1 heterocycles. The molecule has 3 rings (SSSR count). The molecule has 1 fully saturated rings. The van der Waals surface area contributed by atoms with Gasteiger partial charge in [-0.15, -0.1) is 0 Å². The first kappa shape index (κ1) is 16.9. The molecule has 0 bridgehead atoms. The summed E-state index contributed by atoms with van der Waals surface area (Å²) in [7, 11) is 0. The molecule has 2 aromatic carbocycles. The molecule has 0 amide bonds. The van der Waals surface area contributed by atoms with Gasteiger partial charge in [0.25, 0.3) is 0 Å². The first-order chi connectivity index (χ1) is 11.7. The van der Waals surface area contributed by atoms with Crippen molar-refractivity contribution in [3.05, 3.63) is 65.2 Å². The second kappa shape index (κ2) is 8.27. The van der Waals surface area contributed by atoms with E-state index in [1.165, 1.54) is 42.6 Å². The summed E-state index contributed by atoms with van der Waals surface area (Å²) < 4.78 is 0. The van der Waals surface area contributed by atoms with Gasteiger partial charge in [0.15, 0.2) is 5.11 Å². The summed E-state index contributed by atoms with van der Waals surface area (Å²) in [4.78, 5) is 1.70. The molecule has 0 unspecified atom stereocenters. The number of benzene rings is 2. The molecule has 1 saturated heterocycles. The lowest BCUT2D eigenvalue weighted by atomic mass is 10.1. The van der Waals surface area contributed by atoms with Crippen molar-refractivity contribution in [2.45, 2.75) is 32.9 Å². The van der Waals surface area contributed by atoms with Crippen LogP contribution in [0.3, 0.4) is 0 Å². The van der Waals surface area contributed by atoms with Crippen LogP contribution in [0.15, 0.2) is 48.5 Å². The van der Waals surface area contributed by atoms with Gasteiger partial charge in [0.05, 0.1) is 13.1 Å². The van der Waals surface area contributed by atoms with Crippen LogP contribution in [0.5, 0.6) is 0 Å². The molecule has 0 radical (unpaired) electrons. The molecular formula is C20H26N3S+. The number of quaternary nitrogens is 1. The first-order valence-corrected chi connectivity index (χ1v) is 9.13. The van der Waals surface area contributed by atoms with Gasteiger partial charge in [0.2, 0.25) is 0 Å². The van der Waals surface area contributed by atoms with Crippen LogP contribution in [0, 0.1) is 6.92 Å². The fourth-order valence-corrected chi connectivity index (χ4v) is 3.40. The Kier molecular flexibility index (Phi) is 5.83. The second-order valence-corrected chi connectivity index (χ2v) is 6.98. The lowest BCUT2D eigenvalue weighted by molar-refractivity contribution is -0.901. The summed E-state index contributed by atoms with van der Waals surface area (Å²) in [5.41, 5.74) is 5.04. The van der Waals surface area contributed by atoms with E-state index in [0.29, 0.717) is 5.11 Å². The molecule has 3 nitrogen and oxygen atoms in total. The Morgan fingerprint density at radius 3 is 2.38 bits per heavy atom. The highest BCUT2D eigenvalue weighted by molar-refractivity contribution is 7.80. The van der Waals surface area contributed by atoms with E-state index in [2.05, 4.69) is 54.0 Å². The van der Waals surface area contributed by atoms with Gasteiger partial charge in [-0.3, -0.25) is 0 Å². The molecule has 0 aromatic heterocycles. The van der Waals surface area contributed by atoms with Gasteiger partial charge in [-0.2, -0.15) is 0 Å². The van der Waals surface area contributed by atoms with E-state index in [4.69, 9.17) is 12.2 Å². The number of hydrogen-bond acceptors (Lipinski definition) is 1. The minimum absolute atomic E-state index is 0.669. The van der Waals surface area contributed by atoms with E-state index < -0.39 is 0 Å². The van der Waals surface area contributed by atoms with Crippen LogP contribution in [0.1, 0.15) is 29.5 Å². The van der Waals surface area contributed by atoms with E-state index in [-0.39, 0.29) is 0 Å². The molecule has 3 N–H and O–H groups in total. The van der Waals surface area contributed by atoms with E-state index in [0.717, 1.165) is 18.8 Å². The van der Waals surface area contributed by atoms with Crippen molar-refractivity contribution in [3.8, 4) is 0 Å². The second-order valence-electron chi connectivity index (χ2n) is 6.58. The highest BCUT2D eigenvalue weighted by Crippen LogP contribution is 2.10. The van der Waals surface area contributed by atoms with Crippen molar-refractivity contribution in [3.63, 3.8) is 0 Å². The molecule has 0 atom stereocenters. The van der Waals surface area contributed by atoms with Crippen LogP contribution in [-0.2, 0) is 13.1 Å². The van der Waals surface area contributed by atoms with Crippen LogP contribution in [0.2, 0.25) is 0 Å². The predicted molar refractivity (Wildman–Crippen MR) is 104 cm³/mol. The molecule has 0 aliphatic carbocycles. The molecule has 0 saturated carbocycles. The third-order valence-corrected chi connectivity index (χ3v) is 4.86. The zero-order chi connectivity index (χ0) is 16.8. The maximum Gasteiger partial charge on any atom is 0.171 e. The van der Waals surface area contributed by atoms with Crippen LogP contribution >= 0.6 is 12.2 Å². The SMILES string of the molecule is Cc1ccc(NC(=S)NCc2ccccc2C[NH+]2CCCC2)cc1. The molecule has 126 valence electrons. The topological polar surface area (TPSA) is 28.5 Å². The van der Waals surface area contributed by atoms with Crippen molar-refractivity contribution in [2.24, 2.45) is 0 Å². The molecule has 1 aliphatic heterocycles. The Bertz CT molecular complexity index is 676. The zero-order valence-corrected chi connectivity index (χ0v) is 15.1. The number of aryl methyl sites for hydroxylation is 1. The third kappa shape index (κ3) is 4.79. The number of nitrogens with one attached hydrogen (secondary N) is 3. The summed E-state index contributed by atoms with van der Waals surface area (Å²) in [5, 5.41) is 7.25. The zero-order valence-electron chi connectivity index (χ0n) is 14.3. The Hall–Kier alpha value is -1.91. The van der Waals surface area contributed by atoms with Gasteiger partial charge >= 0.3 is 0 Å². The summed E-state index contributed by atoms with van der Waals surface area (Å²) >= 11 is 5.43. The molecule has 1 aliphatic rings. The average Bonchev–Trinajstić information content (AvgIpc) is 3.09. The quantitative estimate of drug-likeness (QED) is 0.731. The minimum atomic E-state index is 0.669. The van der Waals surface area contributed by atoms with Crippen LogP contribution in [0.4, 0.5) is 5.69 Å². The first-order valence-electron chi connectivity index (χ1n) is 8.72. The summed E-state index contributed by atoms with van der Waals surface area (Å²) in [6.07, 6.45) is 2.72. The fraction of sp³-hybridized carbons (Fsp3) is 0.350. The number of rotatable bonds is 5. The smallest absolute Gasteiger partial charge is 0.171 e. The predicted octanol–water partition coefficient (Wildman–Crippen LogP) is 2.66. The monoisotopic (exact) mass is 340 g/mol. The third-order valence-electron chi connectivity index (χ3n) is 4.62. The van der Waals surface area contributed by atoms with Gasteiger partial charge in [0, 0.05) is 30.6 Å². The van der Waals surface area contributed by atoms with Gasteiger partial charge in [0.1, 0.15) is 6.54 Å². The van der Waals surface area contributed by atoms with E-state index in [9.17, 15) is 0 Å². The van der Waals surface area contributed by atoms with Crippen molar-refractivity contribution >= 4 is 23.0 Å². The van der Waals surface area contributed by atoms with E-state index in [1.807, 2.05) is 12.1 Å². The number of anilines is 1. The minimum Gasteiger partial charge on any atom is -0.358 e. The summed E-state index contributed by atoms with van der Waals surface area (Å²) in [6.45, 7) is 6.57. The van der Waals surface area contributed by atoms with E-state index in [1.54, 1.807) is 4.90 Å². The van der Waals surface area contributed by atoms with Crippen LogP contribution < -0.4 is 15.5 Å². The van der Waals surface area contributed by atoms with Gasteiger partial charge < -0.3 is 15.5 Å². The molecule has 2 aromatic rings. The number of likely N-dealkylation sites (tertiary alicyclic amines) is 1. The Balaban J connectivity index is 1.55. The summed E-state index contributed by atoms with van der Waals surface area (Å²) in [5.74, 6) is 0. The van der Waals surface area contributed by atoms with Gasteiger partial charge in [-0.1, -0.05) is 42.0 Å². The molecular weight excluding hydrogens is 314 g/mol. The average molecular weight is 341 g/mol. The standard InChI is InChI=1S/C20H25N3S/c1-16-8-10-19(11-9-16)22-20(24)21-14-17-6-2-3-7-18(17)15-23-12-4-5-13-23/h2-3,6-11H,4-5,12-15H2,1H3,(H2,21,22,24)/p+1. The van der Waals surface area contributed by atoms with Crippen molar-refractivity contribution < 1.29 is 4.90 Å². The summed E-state index contributed by atoms with van der Waals surface area (Å²) in [6, 6.07) is 17.0. The normalized spacial score (nSPS) is 14.5. The molecule has 0 spiro atoms. The van der Waals surface area contributed by atoms with Crippen molar-refractivity contribution in [1.29, 1.82) is 0 Å². The fourth-order valence-electron chi connectivity index (χ4n) is 3.21. The van der Waals surface area contributed by atoms with Crippen molar-refractivity contribution in [2.75, 3.05) is 18.4 Å².